The molecule has 2 rings (SSSR count). The Labute approximate surface area is 110 Å². The lowest BCUT2D eigenvalue weighted by Crippen LogP contribution is -2.39. The van der Waals surface area contributed by atoms with Gasteiger partial charge in [0.15, 0.2) is 0 Å². The summed E-state index contributed by atoms with van der Waals surface area (Å²) in [6, 6.07) is 0. The van der Waals surface area contributed by atoms with Gasteiger partial charge in [0.25, 0.3) is 5.91 Å². The van der Waals surface area contributed by atoms with Crippen molar-refractivity contribution >= 4 is 5.91 Å². The van der Waals surface area contributed by atoms with E-state index in [9.17, 15) is 4.79 Å². The second-order valence-corrected chi connectivity index (χ2v) is 5.78. The third kappa shape index (κ3) is 2.54. The molecule has 0 unspecified atom stereocenters. The zero-order chi connectivity index (χ0) is 13.2. The van der Waals surface area contributed by atoms with Crippen LogP contribution in [-0.2, 0) is 9.53 Å². The summed E-state index contributed by atoms with van der Waals surface area (Å²) in [6.45, 7) is 6.79. The van der Waals surface area contributed by atoms with Crippen molar-refractivity contribution in [3.63, 3.8) is 0 Å². The van der Waals surface area contributed by atoms with Gasteiger partial charge in [-0.2, -0.15) is 0 Å². The van der Waals surface area contributed by atoms with E-state index in [1.54, 1.807) is 0 Å². The molecule has 2 aliphatic heterocycles. The van der Waals surface area contributed by atoms with Gasteiger partial charge in [0.2, 0.25) is 0 Å². The first-order valence-electron chi connectivity index (χ1n) is 7.28. The van der Waals surface area contributed by atoms with E-state index < -0.39 is 0 Å². The Balaban J connectivity index is 1.92. The average Bonchev–Trinajstić information content (AvgIpc) is 3.05. The van der Waals surface area contributed by atoms with Crippen LogP contribution in [0.2, 0.25) is 0 Å². The molecule has 0 radical (unpaired) electrons. The standard InChI is InChI=1S/C14H26N2O2/c1-3-14(4-2)7-8-16(10-14)13(17)12-6-5-11(9-15)18-12/h11-12H,3-10,15H2,1-2H3/t11-,12+/m1/s1. The molecule has 1 amide bonds. The second-order valence-electron chi connectivity index (χ2n) is 5.78. The van der Waals surface area contributed by atoms with E-state index >= 15 is 0 Å². The van der Waals surface area contributed by atoms with Gasteiger partial charge in [0.05, 0.1) is 6.10 Å². The van der Waals surface area contributed by atoms with Crippen LogP contribution in [0.3, 0.4) is 0 Å². The van der Waals surface area contributed by atoms with E-state index in [0.29, 0.717) is 12.0 Å². The number of nitrogens with two attached hydrogens (primary N) is 1. The van der Waals surface area contributed by atoms with Gasteiger partial charge in [-0.1, -0.05) is 13.8 Å². The number of amides is 1. The summed E-state index contributed by atoms with van der Waals surface area (Å²) in [5.41, 5.74) is 5.93. The minimum absolute atomic E-state index is 0.0867. The Bertz CT molecular complexity index is 302. The van der Waals surface area contributed by atoms with Gasteiger partial charge in [-0.15, -0.1) is 0 Å². The van der Waals surface area contributed by atoms with Crippen LogP contribution >= 0.6 is 0 Å². The normalized spacial score (nSPS) is 30.9. The quantitative estimate of drug-likeness (QED) is 0.828. The fourth-order valence-corrected chi connectivity index (χ4v) is 3.21. The zero-order valence-electron chi connectivity index (χ0n) is 11.7. The van der Waals surface area contributed by atoms with Crippen LogP contribution in [0.25, 0.3) is 0 Å². The lowest BCUT2D eigenvalue weighted by Gasteiger charge is -2.27. The smallest absolute Gasteiger partial charge is 0.251 e. The Hall–Kier alpha value is -0.610. The summed E-state index contributed by atoms with van der Waals surface area (Å²) in [5, 5.41) is 0. The van der Waals surface area contributed by atoms with Gasteiger partial charge in [0, 0.05) is 19.6 Å². The van der Waals surface area contributed by atoms with Crippen molar-refractivity contribution in [2.24, 2.45) is 11.1 Å². The first-order valence-corrected chi connectivity index (χ1v) is 7.28. The molecule has 0 saturated carbocycles. The lowest BCUT2D eigenvalue weighted by molar-refractivity contribution is -0.142. The van der Waals surface area contributed by atoms with Crippen molar-refractivity contribution in [2.75, 3.05) is 19.6 Å². The molecule has 2 fully saturated rings. The molecule has 0 spiro atoms. The number of hydrogen-bond acceptors (Lipinski definition) is 3. The summed E-state index contributed by atoms with van der Waals surface area (Å²) in [4.78, 5) is 14.4. The van der Waals surface area contributed by atoms with Crippen molar-refractivity contribution < 1.29 is 9.53 Å². The summed E-state index contributed by atoms with van der Waals surface area (Å²) in [6.07, 6.45) is 5.06. The number of carbonyl (C=O) groups excluding carboxylic acids is 1. The predicted octanol–water partition coefficient (Wildman–Crippen LogP) is 1.53. The maximum atomic E-state index is 12.4. The number of nitrogens with zero attached hydrogens (tertiary/aromatic N) is 1. The van der Waals surface area contributed by atoms with Crippen LogP contribution in [0.15, 0.2) is 0 Å². The van der Waals surface area contributed by atoms with E-state index in [2.05, 4.69) is 13.8 Å². The molecule has 4 heteroatoms. The Morgan fingerprint density at radius 2 is 2.11 bits per heavy atom. The Kier molecular flexibility index (Phi) is 4.28. The fourth-order valence-electron chi connectivity index (χ4n) is 3.21. The highest BCUT2D eigenvalue weighted by Gasteiger charge is 2.40. The summed E-state index contributed by atoms with van der Waals surface area (Å²) in [5.74, 6) is 0.190. The molecule has 0 aliphatic carbocycles. The highest BCUT2D eigenvalue weighted by atomic mass is 16.5. The molecule has 2 atom stereocenters. The second kappa shape index (κ2) is 5.57. The lowest BCUT2D eigenvalue weighted by atomic mass is 9.82. The van der Waals surface area contributed by atoms with Crippen LogP contribution in [0.4, 0.5) is 0 Å². The maximum Gasteiger partial charge on any atom is 0.251 e. The predicted molar refractivity (Wildman–Crippen MR) is 71.2 cm³/mol. The minimum atomic E-state index is -0.233. The van der Waals surface area contributed by atoms with Crippen molar-refractivity contribution in [1.82, 2.24) is 4.90 Å². The van der Waals surface area contributed by atoms with Gasteiger partial charge >= 0.3 is 0 Å². The number of hydrogen-bond donors (Lipinski definition) is 1. The molecule has 2 heterocycles. The van der Waals surface area contributed by atoms with Gasteiger partial charge in [-0.3, -0.25) is 4.79 Å². The first-order chi connectivity index (χ1) is 8.64. The highest BCUT2D eigenvalue weighted by Crippen LogP contribution is 2.37. The molecule has 18 heavy (non-hydrogen) atoms. The van der Waals surface area contributed by atoms with E-state index in [1.807, 2.05) is 4.90 Å². The minimum Gasteiger partial charge on any atom is -0.364 e. The van der Waals surface area contributed by atoms with Crippen LogP contribution in [0.5, 0.6) is 0 Å². The molecule has 0 bridgehead atoms. The molecular weight excluding hydrogens is 228 g/mol. The summed E-state index contributed by atoms with van der Waals surface area (Å²) >= 11 is 0. The maximum absolute atomic E-state index is 12.4. The van der Waals surface area contributed by atoms with Gasteiger partial charge < -0.3 is 15.4 Å². The van der Waals surface area contributed by atoms with E-state index in [4.69, 9.17) is 10.5 Å². The van der Waals surface area contributed by atoms with Crippen molar-refractivity contribution in [1.29, 1.82) is 0 Å². The average molecular weight is 254 g/mol. The molecule has 104 valence electrons. The topological polar surface area (TPSA) is 55.6 Å². The molecule has 0 aromatic carbocycles. The molecule has 2 saturated heterocycles. The Morgan fingerprint density at radius 1 is 1.39 bits per heavy atom. The first kappa shape index (κ1) is 13.8. The van der Waals surface area contributed by atoms with E-state index in [1.165, 1.54) is 0 Å². The van der Waals surface area contributed by atoms with Crippen molar-refractivity contribution in [3.05, 3.63) is 0 Å². The molecule has 0 aromatic heterocycles. The van der Waals surface area contributed by atoms with Gasteiger partial charge in [-0.05, 0) is 37.5 Å². The van der Waals surface area contributed by atoms with E-state index in [-0.39, 0.29) is 18.1 Å². The molecule has 0 aromatic rings. The number of likely N-dealkylation sites (tertiary alicyclic amines) is 1. The third-order valence-electron chi connectivity index (χ3n) is 4.90. The van der Waals surface area contributed by atoms with Crippen LogP contribution < -0.4 is 5.73 Å². The molecule has 2 N–H and O–H groups in total. The van der Waals surface area contributed by atoms with Crippen LogP contribution in [-0.4, -0.2) is 42.6 Å². The SMILES string of the molecule is CCC1(CC)CCN(C(=O)[C@@H]2CC[C@H](CN)O2)C1. The van der Waals surface area contributed by atoms with Gasteiger partial charge in [-0.25, -0.2) is 0 Å². The van der Waals surface area contributed by atoms with Gasteiger partial charge in [0.1, 0.15) is 6.10 Å². The van der Waals surface area contributed by atoms with Crippen LogP contribution in [0.1, 0.15) is 46.0 Å². The number of rotatable bonds is 4. The molecule has 4 nitrogen and oxygen atoms in total. The zero-order valence-corrected chi connectivity index (χ0v) is 11.7. The monoisotopic (exact) mass is 254 g/mol. The summed E-state index contributed by atoms with van der Waals surface area (Å²) in [7, 11) is 0. The highest BCUT2D eigenvalue weighted by molar-refractivity contribution is 5.81. The van der Waals surface area contributed by atoms with Crippen molar-refractivity contribution in [3.8, 4) is 0 Å². The molecule has 2 aliphatic rings. The third-order valence-corrected chi connectivity index (χ3v) is 4.90. The van der Waals surface area contributed by atoms with Crippen LogP contribution in [0, 0.1) is 5.41 Å². The largest absolute Gasteiger partial charge is 0.364 e. The summed E-state index contributed by atoms with van der Waals surface area (Å²) < 4.78 is 5.70. The molecular formula is C14H26N2O2. The number of carbonyl (C=O) groups is 1. The van der Waals surface area contributed by atoms with E-state index in [0.717, 1.165) is 45.2 Å². The Morgan fingerprint density at radius 3 is 2.61 bits per heavy atom. The fraction of sp³-hybridized carbons (Fsp3) is 0.929. The number of ether oxygens (including phenoxy) is 1. The van der Waals surface area contributed by atoms with Crippen molar-refractivity contribution in [2.45, 2.75) is 58.2 Å².